The van der Waals surface area contributed by atoms with Crippen molar-refractivity contribution in [2.75, 3.05) is 13.2 Å². The highest BCUT2D eigenvalue weighted by atomic mass is 16.4. The van der Waals surface area contributed by atoms with E-state index < -0.39 is 0 Å². The van der Waals surface area contributed by atoms with Crippen LogP contribution in [0, 0.1) is 12.3 Å². The summed E-state index contributed by atoms with van der Waals surface area (Å²) in [4.78, 5) is 12.1. The Labute approximate surface area is 121 Å². The fraction of sp³-hybridized carbons (Fsp3) is 0.688. The molecule has 0 saturated carbocycles. The SMILES string of the molecule is CCc1oc(C(=O)NCC(CC)(CC)CCO)cc1C. The van der Waals surface area contributed by atoms with Gasteiger partial charge in [-0.3, -0.25) is 4.79 Å². The number of carbonyl (C=O) groups excluding carboxylic acids is 1. The molecule has 1 aromatic rings. The number of aliphatic hydroxyl groups is 1. The topological polar surface area (TPSA) is 62.5 Å². The number of hydrogen-bond donors (Lipinski definition) is 2. The summed E-state index contributed by atoms with van der Waals surface area (Å²) in [6, 6.07) is 1.79. The molecule has 1 amide bonds. The van der Waals surface area contributed by atoms with E-state index in [1.165, 1.54) is 0 Å². The minimum Gasteiger partial charge on any atom is -0.456 e. The molecule has 0 bridgehead atoms. The van der Waals surface area contributed by atoms with Gasteiger partial charge in [0.25, 0.3) is 5.91 Å². The second kappa shape index (κ2) is 7.48. The van der Waals surface area contributed by atoms with E-state index >= 15 is 0 Å². The van der Waals surface area contributed by atoms with E-state index in [9.17, 15) is 9.90 Å². The van der Waals surface area contributed by atoms with Gasteiger partial charge in [0.1, 0.15) is 5.76 Å². The van der Waals surface area contributed by atoms with Crippen molar-refractivity contribution in [3.63, 3.8) is 0 Å². The summed E-state index contributed by atoms with van der Waals surface area (Å²) in [6.07, 6.45) is 3.36. The van der Waals surface area contributed by atoms with Gasteiger partial charge in [-0.1, -0.05) is 20.8 Å². The molecule has 0 spiro atoms. The number of aliphatic hydroxyl groups excluding tert-OH is 1. The highest BCUT2D eigenvalue weighted by Gasteiger charge is 2.26. The molecule has 1 rings (SSSR count). The van der Waals surface area contributed by atoms with Crippen LogP contribution in [0.3, 0.4) is 0 Å². The summed E-state index contributed by atoms with van der Waals surface area (Å²) in [7, 11) is 0. The van der Waals surface area contributed by atoms with Crippen LogP contribution in [0.15, 0.2) is 10.5 Å². The molecular formula is C16H27NO3. The third-order valence-electron chi connectivity index (χ3n) is 4.33. The molecule has 0 radical (unpaired) electrons. The number of nitrogens with one attached hydrogen (secondary N) is 1. The third kappa shape index (κ3) is 3.85. The molecule has 0 atom stereocenters. The average Bonchev–Trinajstić information content (AvgIpc) is 2.84. The molecule has 20 heavy (non-hydrogen) atoms. The Morgan fingerprint density at radius 1 is 1.35 bits per heavy atom. The first kappa shape index (κ1) is 16.8. The van der Waals surface area contributed by atoms with Gasteiger partial charge in [-0.25, -0.2) is 0 Å². The van der Waals surface area contributed by atoms with Crippen molar-refractivity contribution in [2.24, 2.45) is 5.41 Å². The van der Waals surface area contributed by atoms with E-state index in [1.54, 1.807) is 6.07 Å². The largest absolute Gasteiger partial charge is 0.456 e. The predicted octanol–water partition coefficient (Wildman–Crippen LogP) is 3.07. The van der Waals surface area contributed by atoms with Crippen LogP contribution in [0.2, 0.25) is 0 Å². The smallest absolute Gasteiger partial charge is 0.287 e. The van der Waals surface area contributed by atoms with Crippen molar-refractivity contribution in [2.45, 2.75) is 53.4 Å². The fourth-order valence-electron chi connectivity index (χ4n) is 2.52. The van der Waals surface area contributed by atoms with Gasteiger partial charge in [-0.05, 0) is 43.2 Å². The number of hydrogen-bond acceptors (Lipinski definition) is 3. The quantitative estimate of drug-likeness (QED) is 0.769. The molecule has 4 heteroatoms. The Bertz CT molecular complexity index is 433. The predicted molar refractivity (Wildman–Crippen MR) is 79.9 cm³/mol. The van der Waals surface area contributed by atoms with Crippen LogP contribution < -0.4 is 5.32 Å². The summed E-state index contributed by atoms with van der Waals surface area (Å²) < 4.78 is 5.56. The van der Waals surface area contributed by atoms with Crippen LogP contribution >= 0.6 is 0 Å². The highest BCUT2D eigenvalue weighted by Crippen LogP contribution is 2.29. The molecule has 0 aromatic carbocycles. The Kier molecular flexibility index (Phi) is 6.27. The van der Waals surface area contributed by atoms with Gasteiger partial charge < -0.3 is 14.8 Å². The van der Waals surface area contributed by atoms with Crippen LogP contribution in [0.25, 0.3) is 0 Å². The van der Waals surface area contributed by atoms with Crippen LogP contribution in [0.5, 0.6) is 0 Å². The van der Waals surface area contributed by atoms with Crippen LogP contribution in [-0.4, -0.2) is 24.2 Å². The molecule has 1 heterocycles. The molecule has 0 aliphatic heterocycles. The second-order valence-corrected chi connectivity index (χ2v) is 5.43. The standard InChI is InChI=1S/C16H27NO3/c1-5-13-12(4)10-14(20-13)15(19)17-11-16(6-2,7-3)8-9-18/h10,18H,5-9,11H2,1-4H3,(H,17,19). The normalized spacial score (nSPS) is 11.7. The lowest BCUT2D eigenvalue weighted by molar-refractivity contribution is 0.0878. The molecule has 0 fully saturated rings. The van der Waals surface area contributed by atoms with E-state index in [2.05, 4.69) is 19.2 Å². The van der Waals surface area contributed by atoms with Gasteiger partial charge in [0, 0.05) is 19.6 Å². The molecular weight excluding hydrogens is 254 g/mol. The van der Waals surface area contributed by atoms with Gasteiger partial charge in [0.05, 0.1) is 0 Å². The van der Waals surface area contributed by atoms with Gasteiger partial charge >= 0.3 is 0 Å². The van der Waals surface area contributed by atoms with E-state index in [0.717, 1.165) is 30.6 Å². The van der Waals surface area contributed by atoms with Crippen LogP contribution in [-0.2, 0) is 6.42 Å². The molecule has 0 aliphatic carbocycles. The zero-order chi connectivity index (χ0) is 15.2. The first-order chi connectivity index (χ1) is 9.51. The summed E-state index contributed by atoms with van der Waals surface area (Å²) in [5, 5.41) is 12.1. The van der Waals surface area contributed by atoms with E-state index in [-0.39, 0.29) is 17.9 Å². The minimum absolute atomic E-state index is 0.0281. The molecule has 0 aliphatic rings. The minimum atomic E-state index is -0.169. The van der Waals surface area contributed by atoms with Crippen molar-refractivity contribution >= 4 is 5.91 Å². The van der Waals surface area contributed by atoms with Crippen molar-refractivity contribution in [3.8, 4) is 0 Å². The lowest BCUT2D eigenvalue weighted by Crippen LogP contribution is -2.37. The van der Waals surface area contributed by atoms with E-state index in [4.69, 9.17) is 4.42 Å². The van der Waals surface area contributed by atoms with E-state index in [1.807, 2.05) is 13.8 Å². The Hall–Kier alpha value is -1.29. The number of aryl methyl sites for hydroxylation is 2. The summed E-state index contributed by atoms with van der Waals surface area (Å²) in [5.74, 6) is 1.07. The summed E-state index contributed by atoms with van der Waals surface area (Å²) in [6.45, 7) is 8.87. The van der Waals surface area contributed by atoms with Crippen LogP contribution in [0.1, 0.15) is 61.9 Å². The zero-order valence-corrected chi connectivity index (χ0v) is 13.1. The Balaban J connectivity index is 2.69. The number of furan rings is 1. The van der Waals surface area contributed by atoms with Gasteiger partial charge in [0.15, 0.2) is 5.76 Å². The Morgan fingerprint density at radius 2 is 2.00 bits per heavy atom. The second-order valence-electron chi connectivity index (χ2n) is 5.43. The van der Waals surface area contributed by atoms with Crippen molar-refractivity contribution in [3.05, 3.63) is 23.2 Å². The van der Waals surface area contributed by atoms with Crippen molar-refractivity contribution in [1.82, 2.24) is 5.32 Å². The molecule has 4 nitrogen and oxygen atoms in total. The van der Waals surface area contributed by atoms with E-state index in [0.29, 0.717) is 18.7 Å². The number of amides is 1. The molecule has 1 aromatic heterocycles. The third-order valence-corrected chi connectivity index (χ3v) is 4.33. The Morgan fingerprint density at radius 3 is 2.45 bits per heavy atom. The first-order valence-electron chi connectivity index (χ1n) is 7.50. The summed E-state index contributed by atoms with van der Waals surface area (Å²) in [5.41, 5.74) is 0.991. The molecule has 0 saturated heterocycles. The lowest BCUT2D eigenvalue weighted by Gasteiger charge is -2.31. The summed E-state index contributed by atoms with van der Waals surface area (Å²) >= 11 is 0. The highest BCUT2D eigenvalue weighted by molar-refractivity contribution is 5.91. The first-order valence-corrected chi connectivity index (χ1v) is 7.50. The zero-order valence-electron chi connectivity index (χ0n) is 13.1. The molecule has 2 N–H and O–H groups in total. The van der Waals surface area contributed by atoms with Gasteiger partial charge in [-0.2, -0.15) is 0 Å². The van der Waals surface area contributed by atoms with Crippen LogP contribution in [0.4, 0.5) is 0 Å². The maximum atomic E-state index is 12.1. The van der Waals surface area contributed by atoms with Gasteiger partial charge in [-0.15, -0.1) is 0 Å². The van der Waals surface area contributed by atoms with Gasteiger partial charge in [0.2, 0.25) is 0 Å². The van der Waals surface area contributed by atoms with Crippen molar-refractivity contribution < 1.29 is 14.3 Å². The number of carbonyl (C=O) groups is 1. The lowest BCUT2D eigenvalue weighted by atomic mass is 9.79. The fourth-order valence-corrected chi connectivity index (χ4v) is 2.52. The monoisotopic (exact) mass is 281 g/mol. The molecule has 114 valence electrons. The molecule has 0 unspecified atom stereocenters. The number of rotatable bonds is 8. The van der Waals surface area contributed by atoms with Crippen molar-refractivity contribution in [1.29, 1.82) is 0 Å². The maximum absolute atomic E-state index is 12.1. The average molecular weight is 281 g/mol. The maximum Gasteiger partial charge on any atom is 0.287 e.